The molecule has 6 nitrogen and oxygen atoms in total. The lowest BCUT2D eigenvalue weighted by atomic mass is 10.1. The van der Waals surface area contributed by atoms with Crippen LogP contribution >= 0.6 is 0 Å². The molecule has 0 fully saturated rings. The van der Waals surface area contributed by atoms with Crippen molar-refractivity contribution in [2.75, 3.05) is 19.8 Å². The molecular formula is C21H41NO5. The molecule has 0 rings (SSSR count). The van der Waals surface area contributed by atoms with E-state index >= 15 is 0 Å². The highest BCUT2D eigenvalue weighted by Gasteiger charge is 2.19. The molecule has 0 radical (unpaired) electrons. The third-order valence-corrected chi connectivity index (χ3v) is 4.51. The average Bonchev–Trinajstić information content (AvgIpc) is 2.63. The molecule has 0 saturated carbocycles. The van der Waals surface area contributed by atoms with E-state index in [0.29, 0.717) is 39.0 Å². The van der Waals surface area contributed by atoms with Crippen LogP contribution < -0.4 is 5.32 Å². The first-order valence-electron chi connectivity index (χ1n) is 10.8. The number of aliphatic hydroxyl groups is 1. The summed E-state index contributed by atoms with van der Waals surface area (Å²) in [4.78, 5) is 23.4. The van der Waals surface area contributed by atoms with Crippen LogP contribution in [0.3, 0.4) is 0 Å². The molecule has 0 aliphatic carbocycles. The Hall–Kier alpha value is -1.14. The Morgan fingerprint density at radius 3 is 2.19 bits per heavy atom. The van der Waals surface area contributed by atoms with Gasteiger partial charge < -0.3 is 19.9 Å². The number of carbonyl (C=O) groups excluding carboxylic acids is 2. The largest absolute Gasteiger partial charge is 0.466 e. The zero-order valence-corrected chi connectivity index (χ0v) is 17.6. The van der Waals surface area contributed by atoms with Crippen molar-refractivity contribution in [1.29, 1.82) is 0 Å². The lowest BCUT2D eigenvalue weighted by Gasteiger charge is -2.18. The fraction of sp³-hybridized carbons (Fsp3) is 0.905. The maximum absolute atomic E-state index is 12.1. The molecule has 2 unspecified atom stereocenters. The zero-order chi connectivity index (χ0) is 20.3. The number of aliphatic hydroxyl groups excluding tert-OH is 1. The highest BCUT2D eigenvalue weighted by Crippen LogP contribution is 2.10. The minimum absolute atomic E-state index is 0.138. The van der Waals surface area contributed by atoms with E-state index < -0.39 is 0 Å². The Morgan fingerprint density at radius 1 is 0.852 bits per heavy atom. The molecule has 0 aromatic heterocycles. The molecule has 0 aromatic carbocycles. The number of nitrogens with one attached hydrogen (secondary N) is 1. The van der Waals surface area contributed by atoms with E-state index in [-0.39, 0.29) is 24.1 Å². The average molecular weight is 388 g/mol. The first kappa shape index (κ1) is 25.9. The Kier molecular flexibility index (Phi) is 17.5. The van der Waals surface area contributed by atoms with E-state index in [2.05, 4.69) is 12.2 Å². The van der Waals surface area contributed by atoms with Crippen molar-refractivity contribution in [3.8, 4) is 0 Å². The van der Waals surface area contributed by atoms with E-state index in [1.807, 2.05) is 13.8 Å². The number of unbranched alkanes of at least 4 members (excludes halogenated alkanes) is 5. The van der Waals surface area contributed by atoms with Crippen molar-refractivity contribution in [2.24, 2.45) is 0 Å². The van der Waals surface area contributed by atoms with Gasteiger partial charge in [-0.25, -0.2) is 0 Å². The Labute approximate surface area is 165 Å². The second-order valence-electron chi connectivity index (χ2n) is 6.95. The summed E-state index contributed by atoms with van der Waals surface area (Å²) in [5.74, 6) is -0.356. The molecule has 0 amide bonds. The van der Waals surface area contributed by atoms with E-state index in [0.717, 1.165) is 51.4 Å². The van der Waals surface area contributed by atoms with E-state index in [1.165, 1.54) is 0 Å². The predicted molar refractivity (Wildman–Crippen MR) is 108 cm³/mol. The minimum Gasteiger partial charge on any atom is -0.466 e. The van der Waals surface area contributed by atoms with Gasteiger partial charge in [0.05, 0.1) is 19.3 Å². The molecule has 0 saturated heterocycles. The summed E-state index contributed by atoms with van der Waals surface area (Å²) in [7, 11) is 0. The van der Waals surface area contributed by atoms with Crippen molar-refractivity contribution in [1.82, 2.24) is 5.32 Å². The highest BCUT2D eigenvalue weighted by atomic mass is 16.5. The normalized spacial score (nSPS) is 13.2. The third kappa shape index (κ3) is 15.6. The SMILES string of the molecule is CCCCCC(O)CCNC(CCCCCCC(=O)OCC)C(=O)OCC. The molecule has 0 aromatic rings. The summed E-state index contributed by atoms with van der Waals surface area (Å²) in [6.07, 6.45) is 9.31. The summed E-state index contributed by atoms with van der Waals surface area (Å²) in [5.41, 5.74) is 0. The summed E-state index contributed by atoms with van der Waals surface area (Å²) in [6, 6.07) is -0.321. The lowest BCUT2D eigenvalue weighted by Crippen LogP contribution is -2.39. The summed E-state index contributed by atoms with van der Waals surface area (Å²) in [6.45, 7) is 7.18. The van der Waals surface area contributed by atoms with Crippen molar-refractivity contribution in [2.45, 2.75) is 104 Å². The molecular weight excluding hydrogens is 346 g/mol. The van der Waals surface area contributed by atoms with Gasteiger partial charge in [-0.1, -0.05) is 45.4 Å². The lowest BCUT2D eigenvalue weighted by molar-refractivity contribution is -0.146. The number of ether oxygens (including phenoxy) is 2. The number of rotatable bonds is 18. The molecule has 0 aliphatic heterocycles. The second-order valence-corrected chi connectivity index (χ2v) is 6.95. The molecule has 0 spiro atoms. The molecule has 160 valence electrons. The van der Waals surface area contributed by atoms with E-state index in [9.17, 15) is 14.7 Å². The van der Waals surface area contributed by atoms with Gasteiger partial charge in [-0.05, 0) is 46.1 Å². The summed E-state index contributed by atoms with van der Waals surface area (Å²) < 4.78 is 10.1. The van der Waals surface area contributed by atoms with Crippen LogP contribution in [0.25, 0.3) is 0 Å². The van der Waals surface area contributed by atoms with Crippen LogP contribution in [0.15, 0.2) is 0 Å². The van der Waals surface area contributed by atoms with Crippen LogP contribution in [-0.2, 0) is 19.1 Å². The molecule has 2 atom stereocenters. The van der Waals surface area contributed by atoms with E-state index in [4.69, 9.17) is 9.47 Å². The van der Waals surface area contributed by atoms with Gasteiger partial charge in [0.2, 0.25) is 0 Å². The van der Waals surface area contributed by atoms with Gasteiger partial charge >= 0.3 is 11.9 Å². The maximum atomic E-state index is 12.1. The minimum atomic E-state index is -0.321. The quantitative estimate of drug-likeness (QED) is 0.275. The van der Waals surface area contributed by atoms with Crippen LogP contribution in [0.1, 0.15) is 91.4 Å². The van der Waals surface area contributed by atoms with Crippen molar-refractivity contribution >= 4 is 11.9 Å². The zero-order valence-electron chi connectivity index (χ0n) is 17.6. The van der Waals surface area contributed by atoms with Crippen LogP contribution in [-0.4, -0.2) is 48.9 Å². The fourth-order valence-corrected chi connectivity index (χ4v) is 2.95. The van der Waals surface area contributed by atoms with Gasteiger partial charge in [0.15, 0.2) is 0 Å². The topological polar surface area (TPSA) is 84.9 Å². The molecule has 6 heteroatoms. The monoisotopic (exact) mass is 387 g/mol. The third-order valence-electron chi connectivity index (χ3n) is 4.51. The Balaban J connectivity index is 4.00. The van der Waals surface area contributed by atoms with Crippen molar-refractivity contribution in [3.05, 3.63) is 0 Å². The van der Waals surface area contributed by atoms with Crippen LogP contribution in [0.2, 0.25) is 0 Å². The first-order chi connectivity index (χ1) is 13.0. The summed E-state index contributed by atoms with van der Waals surface area (Å²) >= 11 is 0. The van der Waals surface area contributed by atoms with Crippen LogP contribution in [0.5, 0.6) is 0 Å². The van der Waals surface area contributed by atoms with Crippen molar-refractivity contribution < 1.29 is 24.2 Å². The van der Waals surface area contributed by atoms with Crippen LogP contribution in [0, 0.1) is 0 Å². The molecule has 2 N–H and O–H groups in total. The molecule has 0 aliphatic rings. The number of carbonyl (C=O) groups is 2. The number of esters is 2. The van der Waals surface area contributed by atoms with Gasteiger partial charge in [-0.15, -0.1) is 0 Å². The van der Waals surface area contributed by atoms with Gasteiger partial charge in [0, 0.05) is 6.42 Å². The summed E-state index contributed by atoms with van der Waals surface area (Å²) in [5, 5.41) is 13.2. The smallest absolute Gasteiger partial charge is 0.323 e. The standard InChI is InChI=1S/C21H41NO5/c1-4-7-10-13-18(23)16-17-22-19(21(25)27-6-3)14-11-8-9-12-15-20(24)26-5-2/h18-19,22-23H,4-17H2,1-3H3. The number of hydrogen-bond acceptors (Lipinski definition) is 6. The van der Waals surface area contributed by atoms with Crippen LogP contribution in [0.4, 0.5) is 0 Å². The van der Waals surface area contributed by atoms with Gasteiger partial charge in [0.1, 0.15) is 6.04 Å². The Bertz CT molecular complexity index is 376. The molecule has 0 bridgehead atoms. The van der Waals surface area contributed by atoms with Gasteiger partial charge in [0.25, 0.3) is 0 Å². The Morgan fingerprint density at radius 2 is 1.52 bits per heavy atom. The second kappa shape index (κ2) is 18.2. The van der Waals surface area contributed by atoms with Gasteiger partial charge in [-0.2, -0.15) is 0 Å². The number of hydrogen-bond donors (Lipinski definition) is 2. The highest BCUT2D eigenvalue weighted by molar-refractivity contribution is 5.75. The predicted octanol–water partition coefficient (Wildman–Crippen LogP) is 3.74. The van der Waals surface area contributed by atoms with Gasteiger partial charge in [-0.3, -0.25) is 9.59 Å². The molecule has 0 heterocycles. The fourth-order valence-electron chi connectivity index (χ4n) is 2.95. The first-order valence-corrected chi connectivity index (χ1v) is 10.8. The van der Waals surface area contributed by atoms with Crippen molar-refractivity contribution in [3.63, 3.8) is 0 Å². The molecule has 27 heavy (non-hydrogen) atoms. The maximum Gasteiger partial charge on any atom is 0.323 e. The van der Waals surface area contributed by atoms with E-state index in [1.54, 1.807) is 0 Å².